The molecule has 0 bridgehead atoms. The number of nitrogens with two attached hydrogens (primary N) is 1. The molecule has 0 unspecified atom stereocenters. The molecule has 0 aliphatic carbocycles. The number of amides is 2. The number of ether oxygens (including phenoxy) is 1. The van der Waals surface area contributed by atoms with Crippen molar-refractivity contribution in [1.29, 1.82) is 0 Å². The second-order valence-corrected chi connectivity index (χ2v) is 4.22. The van der Waals surface area contributed by atoms with Crippen molar-refractivity contribution in [2.45, 2.75) is 0 Å². The summed E-state index contributed by atoms with van der Waals surface area (Å²) in [5.41, 5.74) is 4.68. The minimum absolute atomic E-state index is 0.125. The van der Waals surface area contributed by atoms with Crippen LogP contribution >= 0.6 is 0 Å². The molecule has 2 rings (SSSR count). The third kappa shape index (κ3) is 3.63. The zero-order valence-corrected chi connectivity index (χ0v) is 11.1. The number of nitrogens with zero attached hydrogens (tertiary/aromatic N) is 1. The molecule has 1 heterocycles. The van der Waals surface area contributed by atoms with Crippen LogP contribution < -0.4 is 16.6 Å². The molecule has 2 amide bonds. The van der Waals surface area contributed by atoms with E-state index in [1.165, 1.54) is 0 Å². The maximum Gasteiger partial charge on any atom is 0.272 e. The number of benzene rings is 1. The first-order chi connectivity index (χ1) is 10.1. The van der Waals surface area contributed by atoms with Gasteiger partial charge in [0.1, 0.15) is 6.61 Å². The molecule has 21 heavy (non-hydrogen) atoms. The van der Waals surface area contributed by atoms with Gasteiger partial charge in [0, 0.05) is 11.9 Å². The van der Waals surface area contributed by atoms with Crippen LogP contribution in [0.2, 0.25) is 0 Å². The SMILES string of the molecule is NC(=O)COCCNC(=O)c1n[nH]c(=O)c2ccccc12. The van der Waals surface area contributed by atoms with Crippen LogP contribution in [0.1, 0.15) is 10.5 Å². The van der Waals surface area contributed by atoms with Crippen LogP contribution in [0.4, 0.5) is 0 Å². The third-order valence-corrected chi connectivity index (χ3v) is 2.69. The molecule has 110 valence electrons. The summed E-state index contributed by atoms with van der Waals surface area (Å²) in [5, 5.41) is 9.49. The van der Waals surface area contributed by atoms with Gasteiger partial charge in [-0.3, -0.25) is 14.4 Å². The maximum absolute atomic E-state index is 12.0. The Kier molecular flexibility index (Phi) is 4.62. The largest absolute Gasteiger partial charge is 0.370 e. The average molecular weight is 290 g/mol. The quantitative estimate of drug-likeness (QED) is 0.597. The van der Waals surface area contributed by atoms with E-state index in [4.69, 9.17) is 10.5 Å². The van der Waals surface area contributed by atoms with Gasteiger partial charge in [0.2, 0.25) is 5.91 Å². The molecule has 1 aromatic heterocycles. The van der Waals surface area contributed by atoms with Crippen molar-refractivity contribution in [2.75, 3.05) is 19.8 Å². The minimum Gasteiger partial charge on any atom is -0.370 e. The monoisotopic (exact) mass is 290 g/mol. The number of hydrogen-bond acceptors (Lipinski definition) is 5. The van der Waals surface area contributed by atoms with Crippen LogP contribution in [0.15, 0.2) is 29.1 Å². The van der Waals surface area contributed by atoms with Crippen molar-refractivity contribution in [3.63, 3.8) is 0 Å². The van der Waals surface area contributed by atoms with Crippen molar-refractivity contribution in [3.8, 4) is 0 Å². The van der Waals surface area contributed by atoms with E-state index in [1.807, 2.05) is 0 Å². The van der Waals surface area contributed by atoms with Gasteiger partial charge < -0.3 is 15.8 Å². The molecular formula is C13H14N4O4. The van der Waals surface area contributed by atoms with E-state index in [1.54, 1.807) is 24.3 Å². The molecule has 0 aliphatic heterocycles. The van der Waals surface area contributed by atoms with E-state index in [9.17, 15) is 14.4 Å². The highest BCUT2D eigenvalue weighted by Crippen LogP contribution is 2.11. The van der Waals surface area contributed by atoms with E-state index in [0.29, 0.717) is 10.8 Å². The Hall–Kier alpha value is -2.74. The summed E-state index contributed by atoms with van der Waals surface area (Å²) in [6.07, 6.45) is 0. The van der Waals surface area contributed by atoms with Gasteiger partial charge in [-0.15, -0.1) is 0 Å². The average Bonchev–Trinajstić information content (AvgIpc) is 2.47. The van der Waals surface area contributed by atoms with Gasteiger partial charge in [0.05, 0.1) is 12.0 Å². The fraction of sp³-hybridized carbons (Fsp3) is 0.231. The summed E-state index contributed by atoms with van der Waals surface area (Å²) in [6, 6.07) is 6.69. The Labute approximate surface area is 119 Å². The second-order valence-electron chi connectivity index (χ2n) is 4.22. The normalized spacial score (nSPS) is 10.5. The smallest absolute Gasteiger partial charge is 0.272 e. The van der Waals surface area contributed by atoms with Crippen LogP contribution in [0, 0.1) is 0 Å². The van der Waals surface area contributed by atoms with Crippen molar-refractivity contribution >= 4 is 22.6 Å². The van der Waals surface area contributed by atoms with Gasteiger partial charge >= 0.3 is 0 Å². The van der Waals surface area contributed by atoms with E-state index >= 15 is 0 Å². The molecular weight excluding hydrogens is 276 g/mol. The van der Waals surface area contributed by atoms with Gasteiger partial charge in [-0.1, -0.05) is 18.2 Å². The zero-order chi connectivity index (χ0) is 15.2. The van der Waals surface area contributed by atoms with Crippen molar-refractivity contribution in [2.24, 2.45) is 5.73 Å². The number of H-pyrrole nitrogens is 1. The third-order valence-electron chi connectivity index (χ3n) is 2.69. The molecule has 8 heteroatoms. The standard InChI is InChI=1S/C13H14N4O4/c14-10(18)7-21-6-5-15-13(20)11-8-3-1-2-4-9(8)12(19)17-16-11/h1-4H,5-7H2,(H2,14,18)(H,15,20)(H,17,19). The first-order valence-corrected chi connectivity index (χ1v) is 6.21. The van der Waals surface area contributed by atoms with Crippen LogP contribution in [-0.4, -0.2) is 41.8 Å². The highest BCUT2D eigenvalue weighted by molar-refractivity contribution is 6.04. The number of aromatic amines is 1. The first kappa shape index (κ1) is 14.7. The zero-order valence-electron chi connectivity index (χ0n) is 11.1. The fourth-order valence-corrected chi connectivity index (χ4v) is 1.78. The Morgan fingerprint density at radius 3 is 2.71 bits per heavy atom. The van der Waals surface area contributed by atoms with Gasteiger partial charge in [-0.2, -0.15) is 5.10 Å². The van der Waals surface area contributed by atoms with Crippen LogP contribution in [0.3, 0.4) is 0 Å². The molecule has 8 nitrogen and oxygen atoms in total. The summed E-state index contributed by atoms with van der Waals surface area (Å²) >= 11 is 0. The molecule has 0 saturated heterocycles. The Morgan fingerprint density at radius 2 is 2.00 bits per heavy atom. The van der Waals surface area contributed by atoms with Gasteiger partial charge in [0.25, 0.3) is 11.5 Å². The Bertz CT molecular complexity index is 725. The topological polar surface area (TPSA) is 127 Å². The molecule has 0 atom stereocenters. The number of carbonyl (C=O) groups excluding carboxylic acids is 2. The maximum atomic E-state index is 12.0. The van der Waals surface area contributed by atoms with Gasteiger partial charge in [0.15, 0.2) is 5.69 Å². The van der Waals surface area contributed by atoms with E-state index < -0.39 is 11.8 Å². The Balaban J connectivity index is 2.05. The molecule has 4 N–H and O–H groups in total. The Morgan fingerprint density at radius 1 is 1.29 bits per heavy atom. The lowest BCUT2D eigenvalue weighted by Gasteiger charge is -2.06. The van der Waals surface area contributed by atoms with Crippen LogP contribution in [0.5, 0.6) is 0 Å². The summed E-state index contributed by atoms with van der Waals surface area (Å²) in [5.74, 6) is -1.01. The van der Waals surface area contributed by atoms with E-state index in [2.05, 4.69) is 15.5 Å². The fourth-order valence-electron chi connectivity index (χ4n) is 1.78. The molecule has 0 spiro atoms. The second kappa shape index (κ2) is 6.62. The van der Waals surface area contributed by atoms with Crippen molar-refractivity contribution in [3.05, 3.63) is 40.3 Å². The lowest BCUT2D eigenvalue weighted by Crippen LogP contribution is -2.30. The van der Waals surface area contributed by atoms with Crippen LogP contribution in [0.25, 0.3) is 10.8 Å². The predicted octanol–water partition coefficient (Wildman–Crippen LogP) is -0.845. The molecule has 1 aromatic carbocycles. The predicted molar refractivity (Wildman–Crippen MR) is 74.7 cm³/mol. The van der Waals surface area contributed by atoms with Crippen molar-refractivity contribution in [1.82, 2.24) is 15.5 Å². The lowest BCUT2D eigenvalue weighted by atomic mass is 10.1. The molecule has 0 fully saturated rings. The lowest BCUT2D eigenvalue weighted by molar-refractivity contribution is -0.122. The van der Waals surface area contributed by atoms with Crippen LogP contribution in [-0.2, 0) is 9.53 Å². The number of hydrogen-bond donors (Lipinski definition) is 3. The number of nitrogens with one attached hydrogen (secondary N) is 2. The summed E-state index contributed by atoms with van der Waals surface area (Å²) in [6.45, 7) is 0.146. The molecule has 0 saturated carbocycles. The molecule has 0 radical (unpaired) electrons. The number of aromatic nitrogens is 2. The van der Waals surface area contributed by atoms with Gasteiger partial charge in [-0.25, -0.2) is 5.10 Å². The summed E-state index contributed by atoms with van der Waals surface area (Å²) in [4.78, 5) is 34.1. The van der Waals surface area contributed by atoms with Gasteiger partial charge in [-0.05, 0) is 6.07 Å². The molecule has 2 aromatic rings. The van der Waals surface area contributed by atoms with E-state index in [0.717, 1.165) is 0 Å². The number of carbonyl (C=O) groups is 2. The van der Waals surface area contributed by atoms with E-state index in [-0.39, 0.29) is 31.0 Å². The number of primary amides is 1. The highest BCUT2D eigenvalue weighted by Gasteiger charge is 2.13. The summed E-state index contributed by atoms with van der Waals surface area (Å²) in [7, 11) is 0. The van der Waals surface area contributed by atoms with Crippen molar-refractivity contribution < 1.29 is 14.3 Å². The highest BCUT2D eigenvalue weighted by atomic mass is 16.5. The first-order valence-electron chi connectivity index (χ1n) is 6.21. The minimum atomic E-state index is -0.574. The molecule has 0 aliphatic rings. The number of rotatable bonds is 6. The number of fused-ring (bicyclic) bond motifs is 1. The summed E-state index contributed by atoms with van der Waals surface area (Å²) < 4.78 is 4.92.